The molecule has 0 aliphatic rings. The van der Waals surface area contributed by atoms with Crippen LogP contribution in [0, 0.1) is 5.82 Å². The molecule has 0 aliphatic heterocycles. The van der Waals surface area contributed by atoms with Crippen LogP contribution in [0.5, 0.6) is 0 Å². The van der Waals surface area contributed by atoms with Crippen LogP contribution >= 0.6 is 0 Å². The molecule has 1 heterocycles. The highest BCUT2D eigenvalue weighted by Gasteiger charge is 2.13. The standard InChI is InChI=1S/C13H13FN4O/c1-8(9-3-2-4-10(14)5-9)17-13(19)11-6-16-7-12(15)18-11/h2-8H,1H3,(H2,15,18)(H,17,19). The normalized spacial score (nSPS) is 11.9. The Labute approximate surface area is 109 Å². The second kappa shape index (κ2) is 5.43. The van der Waals surface area contributed by atoms with Crippen molar-refractivity contribution in [2.75, 3.05) is 5.73 Å². The van der Waals surface area contributed by atoms with Crippen LogP contribution in [0.25, 0.3) is 0 Å². The number of halogens is 1. The summed E-state index contributed by atoms with van der Waals surface area (Å²) < 4.78 is 13.1. The lowest BCUT2D eigenvalue weighted by Gasteiger charge is -2.14. The van der Waals surface area contributed by atoms with Crippen LogP contribution in [0.2, 0.25) is 0 Å². The molecule has 2 aromatic rings. The van der Waals surface area contributed by atoms with Gasteiger partial charge in [0.25, 0.3) is 5.91 Å². The van der Waals surface area contributed by atoms with E-state index < -0.39 is 5.91 Å². The maximum atomic E-state index is 13.1. The Hall–Kier alpha value is -2.50. The predicted octanol–water partition coefficient (Wildman–Crippen LogP) is 1.69. The highest BCUT2D eigenvalue weighted by atomic mass is 19.1. The van der Waals surface area contributed by atoms with E-state index >= 15 is 0 Å². The third-order valence-corrected chi connectivity index (χ3v) is 2.58. The molecule has 19 heavy (non-hydrogen) atoms. The first-order valence-electron chi connectivity index (χ1n) is 5.70. The molecule has 98 valence electrons. The highest BCUT2D eigenvalue weighted by Crippen LogP contribution is 2.14. The number of rotatable bonds is 3. The van der Waals surface area contributed by atoms with Gasteiger partial charge in [-0.2, -0.15) is 0 Å². The fourth-order valence-corrected chi connectivity index (χ4v) is 1.62. The number of benzene rings is 1. The van der Waals surface area contributed by atoms with E-state index in [0.29, 0.717) is 5.56 Å². The molecule has 1 unspecified atom stereocenters. The molecule has 5 nitrogen and oxygen atoms in total. The lowest BCUT2D eigenvalue weighted by atomic mass is 10.1. The van der Waals surface area contributed by atoms with E-state index in [9.17, 15) is 9.18 Å². The van der Waals surface area contributed by atoms with E-state index in [-0.39, 0.29) is 23.4 Å². The van der Waals surface area contributed by atoms with Crippen molar-refractivity contribution in [2.24, 2.45) is 0 Å². The monoisotopic (exact) mass is 260 g/mol. The number of nitrogen functional groups attached to an aromatic ring is 1. The van der Waals surface area contributed by atoms with Gasteiger partial charge in [-0.25, -0.2) is 9.37 Å². The van der Waals surface area contributed by atoms with Gasteiger partial charge in [0, 0.05) is 0 Å². The Kier molecular flexibility index (Phi) is 3.70. The highest BCUT2D eigenvalue weighted by molar-refractivity contribution is 5.92. The molecule has 0 radical (unpaired) electrons. The number of nitrogens with zero attached hydrogens (tertiary/aromatic N) is 2. The largest absolute Gasteiger partial charge is 0.382 e. The molecule has 0 bridgehead atoms. The Morgan fingerprint density at radius 3 is 2.89 bits per heavy atom. The summed E-state index contributed by atoms with van der Waals surface area (Å²) in [5.41, 5.74) is 6.25. The summed E-state index contributed by atoms with van der Waals surface area (Å²) in [6.45, 7) is 1.76. The van der Waals surface area contributed by atoms with Crippen LogP contribution in [0.15, 0.2) is 36.7 Å². The van der Waals surface area contributed by atoms with Gasteiger partial charge in [-0.3, -0.25) is 9.78 Å². The summed E-state index contributed by atoms with van der Waals surface area (Å²) in [6, 6.07) is 5.70. The van der Waals surface area contributed by atoms with Gasteiger partial charge in [0.2, 0.25) is 0 Å². The summed E-state index contributed by atoms with van der Waals surface area (Å²) >= 11 is 0. The summed E-state index contributed by atoms with van der Waals surface area (Å²) in [5.74, 6) is -0.579. The van der Waals surface area contributed by atoms with Gasteiger partial charge < -0.3 is 11.1 Å². The number of anilines is 1. The van der Waals surface area contributed by atoms with E-state index in [1.165, 1.54) is 24.5 Å². The first kappa shape index (κ1) is 12.9. The van der Waals surface area contributed by atoms with Gasteiger partial charge in [-0.1, -0.05) is 12.1 Å². The number of hydrogen-bond donors (Lipinski definition) is 2. The summed E-state index contributed by atoms with van der Waals surface area (Å²) in [6.07, 6.45) is 2.68. The molecular weight excluding hydrogens is 247 g/mol. The van der Waals surface area contributed by atoms with E-state index in [1.807, 2.05) is 0 Å². The zero-order valence-electron chi connectivity index (χ0n) is 10.3. The average Bonchev–Trinajstić information content (AvgIpc) is 2.38. The fraction of sp³-hybridized carbons (Fsp3) is 0.154. The quantitative estimate of drug-likeness (QED) is 0.880. The number of aromatic nitrogens is 2. The third-order valence-electron chi connectivity index (χ3n) is 2.58. The minimum Gasteiger partial charge on any atom is -0.382 e. The summed E-state index contributed by atoms with van der Waals surface area (Å²) in [7, 11) is 0. The summed E-state index contributed by atoms with van der Waals surface area (Å²) in [4.78, 5) is 19.6. The van der Waals surface area contributed by atoms with Crippen molar-refractivity contribution in [1.82, 2.24) is 15.3 Å². The van der Waals surface area contributed by atoms with Crippen LogP contribution in [-0.2, 0) is 0 Å². The molecule has 1 aromatic heterocycles. The maximum Gasteiger partial charge on any atom is 0.272 e. The first-order valence-corrected chi connectivity index (χ1v) is 5.70. The zero-order valence-corrected chi connectivity index (χ0v) is 10.3. The van der Waals surface area contributed by atoms with Crippen molar-refractivity contribution in [1.29, 1.82) is 0 Å². The van der Waals surface area contributed by atoms with Crippen molar-refractivity contribution in [3.8, 4) is 0 Å². The van der Waals surface area contributed by atoms with Gasteiger partial charge in [0.05, 0.1) is 18.4 Å². The van der Waals surface area contributed by atoms with Crippen molar-refractivity contribution in [3.05, 3.63) is 53.7 Å². The molecule has 1 amide bonds. The second-order valence-electron chi connectivity index (χ2n) is 4.08. The van der Waals surface area contributed by atoms with Gasteiger partial charge >= 0.3 is 0 Å². The molecule has 0 saturated carbocycles. The number of nitrogens with one attached hydrogen (secondary N) is 1. The van der Waals surface area contributed by atoms with Crippen LogP contribution < -0.4 is 11.1 Å². The third kappa shape index (κ3) is 3.25. The number of nitrogens with two attached hydrogens (primary N) is 1. The van der Waals surface area contributed by atoms with Gasteiger partial charge in [-0.15, -0.1) is 0 Å². The van der Waals surface area contributed by atoms with Crippen molar-refractivity contribution >= 4 is 11.7 Å². The van der Waals surface area contributed by atoms with Crippen molar-refractivity contribution in [3.63, 3.8) is 0 Å². The molecule has 3 N–H and O–H groups in total. The minimum atomic E-state index is -0.406. The van der Waals surface area contributed by atoms with Crippen molar-refractivity contribution in [2.45, 2.75) is 13.0 Å². The number of hydrogen-bond acceptors (Lipinski definition) is 4. The molecule has 0 aliphatic carbocycles. The van der Waals surface area contributed by atoms with Gasteiger partial charge in [-0.05, 0) is 24.6 Å². The zero-order chi connectivity index (χ0) is 13.8. The topological polar surface area (TPSA) is 80.9 Å². The molecule has 6 heteroatoms. The maximum absolute atomic E-state index is 13.1. The summed E-state index contributed by atoms with van der Waals surface area (Å²) in [5, 5.41) is 2.70. The molecule has 1 aromatic carbocycles. The first-order chi connectivity index (χ1) is 9.06. The molecule has 0 spiro atoms. The molecule has 0 fully saturated rings. The number of carbonyl (C=O) groups excluding carboxylic acids is 1. The lowest BCUT2D eigenvalue weighted by molar-refractivity contribution is 0.0934. The Morgan fingerprint density at radius 1 is 1.42 bits per heavy atom. The fourth-order valence-electron chi connectivity index (χ4n) is 1.62. The van der Waals surface area contributed by atoms with E-state index in [4.69, 9.17) is 5.73 Å². The van der Waals surface area contributed by atoms with E-state index in [0.717, 1.165) is 0 Å². The molecular formula is C13H13FN4O. The molecule has 0 saturated heterocycles. The van der Waals surface area contributed by atoms with Crippen LogP contribution in [0.3, 0.4) is 0 Å². The van der Waals surface area contributed by atoms with E-state index in [1.54, 1.807) is 19.1 Å². The Balaban J connectivity index is 2.11. The van der Waals surface area contributed by atoms with Crippen LogP contribution in [0.4, 0.5) is 10.2 Å². The Bertz CT molecular complexity index is 603. The van der Waals surface area contributed by atoms with Crippen LogP contribution in [0.1, 0.15) is 29.0 Å². The smallest absolute Gasteiger partial charge is 0.272 e. The predicted molar refractivity (Wildman–Crippen MR) is 68.7 cm³/mol. The van der Waals surface area contributed by atoms with Crippen molar-refractivity contribution < 1.29 is 9.18 Å². The minimum absolute atomic E-state index is 0.128. The van der Waals surface area contributed by atoms with E-state index in [2.05, 4.69) is 15.3 Å². The SMILES string of the molecule is CC(NC(=O)c1cncc(N)n1)c1cccc(F)c1. The van der Waals surface area contributed by atoms with Gasteiger partial charge in [0.1, 0.15) is 17.3 Å². The molecule has 2 rings (SSSR count). The Morgan fingerprint density at radius 2 is 2.21 bits per heavy atom. The molecule has 1 atom stereocenters. The number of amides is 1. The second-order valence-corrected chi connectivity index (χ2v) is 4.08. The average molecular weight is 260 g/mol. The number of carbonyl (C=O) groups is 1. The lowest BCUT2D eigenvalue weighted by Crippen LogP contribution is -2.27. The van der Waals surface area contributed by atoms with Crippen LogP contribution in [-0.4, -0.2) is 15.9 Å². The van der Waals surface area contributed by atoms with Gasteiger partial charge in [0.15, 0.2) is 0 Å².